The fourth-order valence-electron chi connectivity index (χ4n) is 3.33. The molecule has 4 nitrogen and oxygen atoms in total. The highest BCUT2D eigenvalue weighted by molar-refractivity contribution is 5.78. The Balaban J connectivity index is 1.75. The van der Waals surface area contributed by atoms with Crippen LogP contribution in [-0.2, 0) is 9.59 Å². The summed E-state index contributed by atoms with van der Waals surface area (Å²) in [5.74, 6) is 0.849. The summed E-state index contributed by atoms with van der Waals surface area (Å²) in [6.45, 7) is 4.37. The van der Waals surface area contributed by atoms with Gasteiger partial charge in [-0.3, -0.25) is 9.69 Å². The van der Waals surface area contributed by atoms with Crippen LogP contribution in [0.2, 0.25) is 0 Å². The van der Waals surface area contributed by atoms with Crippen LogP contribution in [0.15, 0.2) is 0 Å². The van der Waals surface area contributed by atoms with Crippen molar-refractivity contribution in [1.82, 2.24) is 10.2 Å². The fraction of sp³-hybridized carbons (Fsp3) is 0.867. The maximum absolute atomic E-state index is 12.1. The summed E-state index contributed by atoms with van der Waals surface area (Å²) >= 11 is 0. The van der Waals surface area contributed by atoms with Gasteiger partial charge in [0.1, 0.15) is 6.29 Å². The molecule has 2 fully saturated rings. The first-order chi connectivity index (χ1) is 9.19. The molecule has 1 heterocycles. The standard InChI is InChI=1S/C15H26N2O2/c1-12-5-2-3-7-14(12)16-15(19)10-17-8-4-6-13(9-17)11-18/h11-14H,2-10H2,1H3,(H,16,19). The average molecular weight is 266 g/mol. The van der Waals surface area contributed by atoms with Gasteiger partial charge in [-0.05, 0) is 38.1 Å². The molecule has 3 atom stereocenters. The summed E-state index contributed by atoms with van der Waals surface area (Å²) < 4.78 is 0. The average Bonchev–Trinajstić information content (AvgIpc) is 2.41. The first kappa shape index (κ1) is 14.5. The Morgan fingerprint density at radius 1 is 1.26 bits per heavy atom. The van der Waals surface area contributed by atoms with Crippen LogP contribution in [0.4, 0.5) is 0 Å². The van der Waals surface area contributed by atoms with Gasteiger partial charge in [0.05, 0.1) is 6.54 Å². The molecule has 0 aromatic carbocycles. The molecule has 1 amide bonds. The van der Waals surface area contributed by atoms with Crippen molar-refractivity contribution in [3.63, 3.8) is 0 Å². The van der Waals surface area contributed by atoms with Gasteiger partial charge in [0.25, 0.3) is 0 Å². The van der Waals surface area contributed by atoms with Crippen LogP contribution in [0.25, 0.3) is 0 Å². The van der Waals surface area contributed by atoms with Crippen LogP contribution in [0.5, 0.6) is 0 Å². The minimum Gasteiger partial charge on any atom is -0.352 e. The van der Waals surface area contributed by atoms with E-state index in [1.807, 2.05) is 0 Å². The zero-order valence-corrected chi connectivity index (χ0v) is 11.9. The Morgan fingerprint density at radius 2 is 2.05 bits per heavy atom. The molecule has 2 rings (SSSR count). The molecule has 0 bridgehead atoms. The summed E-state index contributed by atoms with van der Waals surface area (Å²) in [5, 5.41) is 3.18. The van der Waals surface area contributed by atoms with Gasteiger partial charge in [-0.25, -0.2) is 0 Å². The molecule has 2 aliphatic rings. The van der Waals surface area contributed by atoms with Crippen molar-refractivity contribution >= 4 is 12.2 Å². The third-order valence-corrected chi connectivity index (χ3v) is 4.56. The number of rotatable bonds is 4. The lowest BCUT2D eigenvalue weighted by Gasteiger charge is -2.32. The van der Waals surface area contributed by atoms with Crippen LogP contribution in [0, 0.1) is 11.8 Å². The largest absolute Gasteiger partial charge is 0.352 e. The Hall–Kier alpha value is -0.900. The molecule has 0 aromatic rings. The molecule has 1 aliphatic heterocycles. The van der Waals surface area contributed by atoms with Gasteiger partial charge in [-0.1, -0.05) is 19.8 Å². The summed E-state index contributed by atoms with van der Waals surface area (Å²) in [5.41, 5.74) is 0. The van der Waals surface area contributed by atoms with Gasteiger partial charge >= 0.3 is 0 Å². The Kier molecular flexibility index (Phi) is 5.37. The van der Waals surface area contributed by atoms with Gasteiger partial charge in [0.15, 0.2) is 0 Å². The molecule has 0 spiro atoms. The number of nitrogens with zero attached hydrogens (tertiary/aromatic N) is 1. The lowest BCUT2D eigenvalue weighted by molar-refractivity contribution is -0.124. The van der Waals surface area contributed by atoms with Crippen molar-refractivity contribution in [3.8, 4) is 0 Å². The van der Waals surface area contributed by atoms with Crippen molar-refractivity contribution in [3.05, 3.63) is 0 Å². The predicted octanol–water partition coefficient (Wildman–Crippen LogP) is 1.59. The number of nitrogens with one attached hydrogen (secondary N) is 1. The number of hydrogen-bond acceptors (Lipinski definition) is 3. The van der Waals surface area contributed by atoms with Gasteiger partial charge in [-0.15, -0.1) is 0 Å². The molecular formula is C15H26N2O2. The second kappa shape index (κ2) is 7.04. The second-order valence-electron chi connectivity index (χ2n) is 6.21. The maximum atomic E-state index is 12.1. The highest BCUT2D eigenvalue weighted by Gasteiger charge is 2.25. The number of aldehydes is 1. The normalized spacial score (nSPS) is 32.8. The van der Waals surface area contributed by atoms with Crippen molar-refractivity contribution in [1.29, 1.82) is 0 Å². The van der Waals surface area contributed by atoms with Crippen LogP contribution in [0.3, 0.4) is 0 Å². The Labute approximate surface area is 115 Å². The molecule has 1 N–H and O–H groups in total. The number of hydrogen-bond donors (Lipinski definition) is 1. The number of piperidine rings is 1. The van der Waals surface area contributed by atoms with E-state index in [1.165, 1.54) is 19.3 Å². The van der Waals surface area contributed by atoms with Crippen molar-refractivity contribution in [2.24, 2.45) is 11.8 Å². The SMILES string of the molecule is CC1CCCCC1NC(=O)CN1CCCC(C=O)C1. The topological polar surface area (TPSA) is 49.4 Å². The summed E-state index contributed by atoms with van der Waals surface area (Å²) in [6, 6.07) is 0.355. The molecule has 19 heavy (non-hydrogen) atoms. The summed E-state index contributed by atoms with van der Waals surface area (Å²) in [7, 11) is 0. The van der Waals surface area contributed by atoms with E-state index in [0.29, 0.717) is 18.5 Å². The second-order valence-corrected chi connectivity index (χ2v) is 6.21. The van der Waals surface area contributed by atoms with Gasteiger partial charge in [-0.2, -0.15) is 0 Å². The monoisotopic (exact) mass is 266 g/mol. The van der Waals surface area contributed by atoms with Crippen LogP contribution >= 0.6 is 0 Å². The van der Waals surface area contributed by atoms with Crippen molar-refractivity contribution < 1.29 is 9.59 Å². The minimum atomic E-state index is 0.121. The van der Waals surface area contributed by atoms with E-state index >= 15 is 0 Å². The van der Waals surface area contributed by atoms with E-state index in [-0.39, 0.29) is 11.8 Å². The predicted molar refractivity (Wildman–Crippen MR) is 74.8 cm³/mol. The van der Waals surface area contributed by atoms with E-state index in [0.717, 1.165) is 38.6 Å². The molecular weight excluding hydrogens is 240 g/mol. The van der Waals surface area contributed by atoms with E-state index in [1.54, 1.807) is 0 Å². The maximum Gasteiger partial charge on any atom is 0.234 e. The number of carbonyl (C=O) groups excluding carboxylic acids is 2. The summed E-state index contributed by atoms with van der Waals surface area (Å²) in [4.78, 5) is 25.0. The van der Waals surface area contributed by atoms with Crippen molar-refractivity contribution in [2.45, 2.75) is 51.5 Å². The fourth-order valence-corrected chi connectivity index (χ4v) is 3.33. The number of likely N-dealkylation sites (tertiary alicyclic amines) is 1. The molecule has 0 radical (unpaired) electrons. The van der Waals surface area contributed by atoms with Gasteiger partial charge < -0.3 is 10.1 Å². The highest BCUT2D eigenvalue weighted by Crippen LogP contribution is 2.23. The molecule has 0 aromatic heterocycles. The Morgan fingerprint density at radius 3 is 2.79 bits per heavy atom. The number of amides is 1. The Bertz CT molecular complexity index is 319. The van der Waals surface area contributed by atoms with Crippen LogP contribution in [-0.4, -0.2) is 42.8 Å². The highest BCUT2D eigenvalue weighted by atomic mass is 16.2. The lowest BCUT2D eigenvalue weighted by Crippen LogP contribution is -2.47. The third-order valence-electron chi connectivity index (χ3n) is 4.56. The molecule has 108 valence electrons. The molecule has 3 unspecified atom stereocenters. The lowest BCUT2D eigenvalue weighted by atomic mass is 9.86. The first-order valence-electron chi connectivity index (χ1n) is 7.66. The van der Waals surface area contributed by atoms with Gasteiger partial charge in [0, 0.05) is 18.5 Å². The van der Waals surface area contributed by atoms with E-state index in [4.69, 9.17) is 0 Å². The van der Waals surface area contributed by atoms with E-state index in [9.17, 15) is 9.59 Å². The molecule has 1 saturated carbocycles. The smallest absolute Gasteiger partial charge is 0.234 e. The van der Waals surface area contributed by atoms with Crippen molar-refractivity contribution in [2.75, 3.05) is 19.6 Å². The third kappa shape index (κ3) is 4.30. The zero-order chi connectivity index (χ0) is 13.7. The van der Waals surface area contributed by atoms with Crippen LogP contribution < -0.4 is 5.32 Å². The molecule has 4 heteroatoms. The minimum absolute atomic E-state index is 0.121. The number of carbonyl (C=O) groups is 2. The molecule has 1 aliphatic carbocycles. The van der Waals surface area contributed by atoms with E-state index < -0.39 is 0 Å². The first-order valence-corrected chi connectivity index (χ1v) is 7.66. The van der Waals surface area contributed by atoms with E-state index in [2.05, 4.69) is 17.1 Å². The molecule has 1 saturated heterocycles. The van der Waals surface area contributed by atoms with Gasteiger partial charge in [0.2, 0.25) is 5.91 Å². The van der Waals surface area contributed by atoms with Crippen LogP contribution in [0.1, 0.15) is 45.4 Å². The zero-order valence-electron chi connectivity index (χ0n) is 11.9. The summed E-state index contributed by atoms with van der Waals surface area (Å²) in [6.07, 6.45) is 7.89. The quantitative estimate of drug-likeness (QED) is 0.786.